The second-order valence-electron chi connectivity index (χ2n) is 4.62. The Labute approximate surface area is 118 Å². The fourth-order valence-corrected chi connectivity index (χ4v) is 2.01. The number of aromatic nitrogens is 1. The smallest absolute Gasteiger partial charge is 0.250 e. The Hall–Kier alpha value is -2.54. The first-order valence-corrected chi connectivity index (χ1v) is 6.66. The second-order valence-corrected chi connectivity index (χ2v) is 4.62. The van der Waals surface area contributed by atoms with Gasteiger partial charge in [0.1, 0.15) is 0 Å². The summed E-state index contributed by atoms with van der Waals surface area (Å²) in [4.78, 5) is 11.6. The maximum Gasteiger partial charge on any atom is 0.250 e. The third-order valence-electron chi connectivity index (χ3n) is 3.00. The molecular weight excluding hydrogens is 250 g/mol. The lowest BCUT2D eigenvalue weighted by Crippen LogP contribution is -2.18. The van der Waals surface area contributed by atoms with E-state index in [0.29, 0.717) is 12.1 Å². The van der Waals surface area contributed by atoms with Gasteiger partial charge in [0.2, 0.25) is 0 Å². The zero-order valence-electron chi connectivity index (χ0n) is 11.5. The van der Waals surface area contributed by atoms with Crippen molar-refractivity contribution in [2.24, 2.45) is 0 Å². The number of hydrogen-bond acceptors (Lipinski definition) is 3. The average Bonchev–Trinajstić information content (AvgIpc) is 2.48. The van der Waals surface area contributed by atoms with Gasteiger partial charge in [-0.15, -0.1) is 0 Å². The lowest BCUT2D eigenvalue weighted by molar-refractivity contribution is 0.655. The maximum atomic E-state index is 11.6. The number of hydrogen-bond donors (Lipinski definition) is 1. The molecule has 0 aliphatic heterocycles. The Kier molecular flexibility index (Phi) is 4.56. The van der Waals surface area contributed by atoms with Crippen molar-refractivity contribution in [2.75, 3.05) is 5.32 Å². The molecule has 0 bridgehead atoms. The molecule has 1 heterocycles. The molecule has 20 heavy (non-hydrogen) atoms. The Morgan fingerprint density at radius 1 is 1.30 bits per heavy atom. The molecule has 0 saturated heterocycles. The molecule has 0 saturated carbocycles. The molecule has 0 aliphatic rings. The van der Waals surface area contributed by atoms with Crippen molar-refractivity contribution in [3.8, 4) is 6.07 Å². The molecular formula is C16H17N3O. The summed E-state index contributed by atoms with van der Waals surface area (Å²) < 4.78 is 1.70. The summed E-state index contributed by atoms with van der Waals surface area (Å²) >= 11 is 0. The molecule has 0 atom stereocenters. The van der Waals surface area contributed by atoms with E-state index in [1.807, 2.05) is 31.3 Å². The van der Waals surface area contributed by atoms with E-state index < -0.39 is 0 Å². The largest absolute Gasteiger partial charge is 0.380 e. The number of nitrogens with one attached hydrogen (secondary N) is 1. The van der Waals surface area contributed by atoms with E-state index >= 15 is 0 Å². The molecule has 4 nitrogen and oxygen atoms in total. The molecule has 0 unspecified atom stereocenters. The van der Waals surface area contributed by atoms with Crippen LogP contribution in [0.1, 0.15) is 24.5 Å². The molecule has 0 aliphatic carbocycles. The maximum absolute atomic E-state index is 11.6. The van der Waals surface area contributed by atoms with Crippen molar-refractivity contribution in [1.29, 1.82) is 5.26 Å². The third kappa shape index (κ3) is 3.48. The molecule has 4 heteroatoms. The highest BCUT2D eigenvalue weighted by Crippen LogP contribution is 2.09. The second kappa shape index (κ2) is 6.58. The van der Waals surface area contributed by atoms with Gasteiger partial charge < -0.3 is 9.88 Å². The third-order valence-corrected chi connectivity index (χ3v) is 3.00. The van der Waals surface area contributed by atoms with Crippen molar-refractivity contribution >= 4 is 5.69 Å². The molecule has 0 fully saturated rings. The lowest BCUT2D eigenvalue weighted by atomic mass is 10.1. The van der Waals surface area contributed by atoms with Crippen LogP contribution in [0.15, 0.2) is 47.4 Å². The van der Waals surface area contributed by atoms with Crippen molar-refractivity contribution in [2.45, 2.75) is 26.4 Å². The first-order valence-electron chi connectivity index (χ1n) is 6.66. The first kappa shape index (κ1) is 13.9. The van der Waals surface area contributed by atoms with E-state index in [-0.39, 0.29) is 5.56 Å². The van der Waals surface area contributed by atoms with Crippen LogP contribution in [-0.4, -0.2) is 4.57 Å². The van der Waals surface area contributed by atoms with Crippen LogP contribution >= 0.6 is 0 Å². The topological polar surface area (TPSA) is 57.8 Å². The summed E-state index contributed by atoms with van der Waals surface area (Å²) in [5.74, 6) is 0. The van der Waals surface area contributed by atoms with Crippen LogP contribution in [0, 0.1) is 11.3 Å². The number of nitrogens with zero attached hydrogens (tertiary/aromatic N) is 2. The van der Waals surface area contributed by atoms with Gasteiger partial charge in [0, 0.05) is 25.4 Å². The first-order chi connectivity index (χ1) is 9.72. The minimum atomic E-state index is 0.0175. The summed E-state index contributed by atoms with van der Waals surface area (Å²) in [7, 11) is 0. The van der Waals surface area contributed by atoms with E-state index in [1.165, 1.54) is 0 Å². The average molecular weight is 267 g/mol. The number of anilines is 1. The summed E-state index contributed by atoms with van der Waals surface area (Å²) in [6, 6.07) is 13.0. The molecule has 0 radical (unpaired) electrons. The summed E-state index contributed by atoms with van der Waals surface area (Å²) in [5.41, 5.74) is 2.61. The number of pyridine rings is 1. The monoisotopic (exact) mass is 267 g/mol. The number of aryl methyl sites for hydroxylation is 1. The molecule has 2 rings (SSSR count). The van der Waals surface area contributed by atoms with Crippen LogP contribution in [0.4, 0.5) is 5.69 Å². The minimum Gasteiger partial charge on any atom is -0.380 e. The van der Waals surface area contributed by atoms with Crippen LogP contribution in [-0.2, 0) is 13.1 Å². The molecule has 0 amide bonds. The van der Waals surface area contributed by atoms with Gasteiger partial charge in [-0.2, -0.15) is 5.26 Å². The van der Waals surface area contributed by atoms with Crippen LogP contribution in [0.5, 0.6) is 0 Å². The van der Waals surface area contributed by atoms with Gasteiger partial charge in [-0.05, 0) is 30.2 Å². The highest BCUT2D eigenvalue weighted by molar-refractivity contribution is 5.42. The Balaban J connectivity index is 2.09. The van der Waals surface area contributed by atoms with E-state index in [2.05, 4.69) is 11.4 Å². The van der Waals surface area contributed by atoms with E-state index in [0.717, 1.165) is 24.2 Å². The zero-order chi connectivity index (χ0) is 14.4. The van der Waals surface area contributed by atoms with Gasteiger partial charge in [-0.1, -0.05) is 19.1 Å². The van der Waals surface area contributed by atoms with Gasteiger partial charge in [-0.3, -0.25) is 4.79 Å². The highest BCUT2D eigenvalue weighted by Gasteiger charge is 1.99. The Morgan fingerprint density at radius 3 is 2.90 bits per heavy atom. The van der Waals surface area contributed by atoms with Crippen molar-refractivity contribution in [1.82, 2.24) is 4.57 Å². The predicted molar refractivity (Wildman–Crippen MR) is 79.5 cm³/mol. The fourth-order valence-electron chi connectivity index (χ4n) is 2.01. The summed E-state index contributed by atoms with van der Waals surface area (Å²) in [6.45, 7) is 3.39. The molecule has 1 aromatic carbocycles. The fraction of sp³-hybridized carbons (Fsp3) is 0.250. The number of benzene rings is 1. The lowest BCUT2D eigenvalue weighted by Gasteiger charge is -2.09. The van der Waals surface area contributed by atoms with Crippen LogP contribution in [0.25, 0.3) is 0 Å². The SMILES string of the molecule is CCCn1cc(NCc2cccc(C#N)c2)ccc1=O. The van der Waals surface area contributed by atoms with Crippen LogP contribution in [0.2, 0.25) is 0 Å². The van der Waals surface area contributed by atoms with Gasteiger partial charge >= 0.3 is 0 Å². The zero-order valence-corrected chi connectivity index (χ0v) is 11.5. The predicted octanol–water partition coefficient (Wildman–Crippen LogP) is 2.74. The molecule has 102 valence electrons. The Morgan fingerprint density at radius 2 is 2.15 bits per heavy atom. The molecule has 2 aromatic rings. The molecule has 1 N–H and O–H groups in total. The Bertz CT molecular complexity index is 683. The van der Waals surface area contributed by atoms with Crippen molar-refractivity contribution in [3.63, 3.8) is 0 Å². The number of rotatable bonds is 5. The van der Waals surface area contributed by atoms with E-state index in [4.69, 9.17) is 5.26 Å². The van der Waals surface area contributed by atoms with Crippen LogP contribution in [0.3, 0.4) is 0 Å². The van der Waals surface area contributed by atoms with Gasteiger partial charge in [-0.25, -0.2) is 0 Å². The summed E-state index contributed by atoms with van der Waals surface area (Å²) in [5, 5.41) is 12.1. The van der Waals surface area contributed by atoms with Crippen molar-refractivity contribution < 1.29 is 0 Å². The number of nitriles is 1. The van der Waals surface area contributed by atoms with Gasteiger partial charge in [0.05, 0.1) is 17.3 Å². The summed E-state index contributed by atoms with van der Waals surface area (Å²) in [6.07, 6.45) is 2.76. The van der Waals surface area contributed by atoms with E-state index in [1.54, 1.807) is 22.8 Å². The normalized spacial score (nSPS) is 10.0. The molecule has 0 spiro atoms. The van der Waals surface area contributed by atoms with Gasteiger partial charge in [0.15, 0.2) is 0 Å². The van der Waals surface area contributed by atoms with Gasteiger partial charge in [0.25, 0.3) is 5.56 Å². The standard InChI is InChI=1S/C16H17N3O/c1-2-8-19-12-15(6-7-16(19)20)18-11-14-5-3-4-13(9-14)10-17/h3-7,9,12,18H,2,8,11H2,1H3. The van der Waals surface area contributed by atoms with Crippen LogP contribution < -0.4 is 10.9 Å². The highest BCUT2D eigenvalue weighted by atomic mass is 16.1. The van der Waals surface area contributed by atoms with Crippen molar-refractivity contribution in [3.05, 3.63) is 64.1 Å². The molecule has 1 aromatic heterocycles. The van der Waals surface area contributed by atoms with E-state index in [9.17, 15) is 4.79 Å². The minimum absolute atomic E-state index is 0.0175. The quantitative estimate of drug-likeness (QED) is 0.906.